The molecule has 0 amide bonds. The van der Waals surface area contributed by atoms with E-state index in [0.717, 1.165) is 35.2 Å². The third kappa shape index (κ3) is 2.30. The lowest BCUT2D eigenvalue weighted by atomic mass is 10.3. The van der Waals surface area contributed by atoms with Gasteiger partial charge in [0.05, 0.1) is 22.9 Å². The number of rotatable bonds is 1. The number of anilines is 1. The quantitative estimate of drug-likeness (QED) is 0.618. The summed E-state index contributed by atoms with van der Waals surface area (Å²) in [6.07, 6.45) is 1.76. The van der Waals surface area contributed by atoms with Gasteiger partial charge >= 0.3 is 0 Å². The van der Waals surface area contributed by atoms with E-state index in [1.165, 1.54) is 0 Å². The van der Waals surface area contributed by atoms with Crippen LogP contribution in [0.25, 0.3) is 16.7 Å². The number of aromatic nitrogens is 4. The molecule has 0 unspecified atom stereocenters. The van der Waals surface area contributed by atoms with Gasteiger partial charge in [-0.2, -0.15) is 5.10 Å². The minimum absolute atomic E-state index is 0.667. The number of imidazole rings is 1. The Morgan fingerprint density at radius 2 is 2.00 bits per heavy atom. The number of benzene rings is 1. The molecule has 0 aliphatic heterocycles. The number of H-pyrrole nitrogens is 1. The Balaban J connectivity index is 0.000000637. The topological polar surface area (TPSA) is 92.8 Å². The van der Waals surface area contributed by atoms with Crippen LogP contribution in [0.3, 0.4) is 0 Å². The van der Waals surface area contributed by atoms with Crippen molar-refractivity contribution in [3.63, 3.8) is 0 Å². The summed E-state index contributed by atoms with van der Waals surface area (Å²) in [7, 11) is 1.00. The van der Waals surface area contributed by atoms with E-state index in [0.29, 0.717) is 5.82 Å². The molecule has 4 N–H and O–H groups in total. The van der Waals surface area contributed by atoms with E-state index in [9.17, 15) is 0 Å². The highest BCUT2D eigenvalue weighted by atomic mass is 16.2. The van der Waals surface area contributed by atoms with Gasteiger partial charge in [-0.1, -0.05) is 0 Å². The number of nitrogens with zero attached hydrogens (tertiary/aromatic N) is 3. The predicted octanol–water partition coefficient (Wildman–Crippen LogP) is 1.56. The molecule has 3 rings (SSSR count). The monoisotopic (exact) mass is 259 g/mol. The average Bonchev–Trinajstić information content (AvgIpc) is 2.94. The van der Waals surface area contributed by atoms with Crippen LogP contribution in [0, 0.1) is 13.8 Å². The van der Waals surface area contributed by atoms with Crippen LogP contribution in [-0.2, 0) is 0 Å². The summed E-state index contributed by atoms with van der Waals surface area (Å²) in [6.45, 7) is 3.88. The first kappa shape index (κ1) is 13.1. The Morgan fingerprint density at radius 3 is 2.63 bits per heavy atom. The SMILES string of the molecule is CO.Cc1nc2ccc(-n3ncc(C)c3N)cc2[nH]1. The van der Waals surface area contributed by atoms with Crippen LogP contribution < -0.4 is 5.73 Å². The molecule has 0 aliphatic rings. The van der Waals surface area contributed by atoms with Gasteiger partial charge in [-0.25, -0.2) is 9.67 Å². The highest BCUT2D eigenvalue weighted by Gasteiger charge is 2.07. The van der Waals surface area contributed by atoms with Crippen LogP contribution in [0.15, 0.2) is 24.4 Å². The summed E-state index contributed by atoms with van der Waals surface area (Å²) in [4.78, 5) is 7.56. The van der Waals surface area contributed by atoms with Crippen molar-refractivity contribution < 1.29 is 5.11 Å². The molecular formula is C13H17N5O. The van der Waals surface area contributed by atoms with Crippen LogP contribution in [0.1, 0.15) is 11.4 Å². The molecule has 0 fully saturated rings. The molecule has 1 aromatic carbocycles. The number of nitrogens with one attached hydrogen (secondary N) is 1. The Morgan fingerprint density at radius 1 is 1.26 bits per heavy atom. The number of aliphatic hydroxyl groups is 1. The minimum Gasteiger partial charge on any atom is -0.400 e. The van der Waals surface area contributed by atoms with Crippen molar-refractivity contribution in [2.24, 2.45) is 0 Å². The number of aromatic amines is 1. The fourth-order valence-corrected chi connectivity index (χ4v) is 1.90. The molecule has 0 aliphatic carbocycles. The van der Waals surface area contributed by atoms with E-state index < -0.39 is 0 Å². The van der Waals surface area contributed by atoms with Crippen molar-refractivity contribution >= 4 is 16.9 Å². The van der Waals surface area contributed by atoms with Gasteiger partial charge in [0.25, 0.3) is 0 Å². The van der Waals surface area contributed by atoms with Crippen molar-refractivity contribution in [3.05, 3.63) is 35.8 Å². The molecular weight excluding hydrogens is 242 g/mol. The molecule has 6 heteroatoms. The Labute approximate surface area is 110 Å². The molecule has 0 radical (unpaired) electrons. The summed E-state index contributed by atoms with van der Waals surface area (Å²) in [5.74, 6) is 1.57. The maximum absolute atomic E-state index is 7.00. The van der Waals surface area contributed by atoms with Crippen molar-refractivity contribution in [3.8, 4) is 5.69 Å². The molecule has 100 valence electrons. The highest BCUT2D eigenvalue weighted by molar-refractivity contribution is 5.77. The molecule has 2 heterocycles. The fourth-order valence-electron chi connectivity index (χ4n) is 1.90. The number of aryl methyl sites for hydroxylation is 2. The number of hydrogen-bond acceptors (Lipinski definition) is 4. The van der Waals surface area contributed by atoms with Gasteiger partial charge in [0.2, 0.25) is 0 Å². The number of nitrogens with two attached hydrogens (primary N) is 1. The third-order valence-electron chi connectivity index (χ3n) is 2.83. The van der Waals surface area contributed by atoms with E-state index in [2.05, 4.69) is 15.1 Å². The second kappa shape index (κ2) is 5.11. The number of nitrogen functional groups attached to an aromatic ring is 1. The second-order valence-corrected chi connectivity index (χ2v) is 4.15. The van der Waals surface area contributed by atoms with Crippen LogP contribution in [0.2, 0.25) is 0 Å². The summed E-state index contributed by atoms with van der Waals surface area (Å²) in [6, 6.07) is 5.92. The fraction of sp³-hybridized carbons (Fsp3) is 0.231. The Kier molecular flexibility index (Phi) is 3.52. The van der Waals surface area contributed by atoms with E-state index >= 15 is 0 Å². The lowest BCUT2D eigenvalue weighted by Crippen LogP contribution is -2.02. The van der Waals surface area contributed by atoms with E-state index in [1.807, 2.05) is 32.0 Å². The normalized spacial score (nSPS) is 10.3. The molecule has 2 aromatic heterocycles. The first-order valence-corrected chi connectivity index (χ1v) is 5.87. The zero-order valence-corrected chi connectivity index (χ0v) is 11.2. The Bertz CT molecular complexity index is 698. The van der Waals surface area contributed by atoms with Gasteiger partial charge < -0.3 is 15.8 Å². The van der Waals surface area contributed by atoms with Crippen LogP contribution in [-0.4, -0.2) is 32.0 Å². The van der Waals surface area contributed by atoms with Gasteiger partial charge in [0.15, 0.2) is 0 Å². The summed E-state index contributed by atoms with van der Waals surface area (Å²) >= 11 is 0. The maximum Gasteiger partial charge on any atom is 0.130 e. The van der Waals surface area contributed by atoms with Crippen LogP contribution in [0.4, 0.5) is 5.82 Å². The average molecular weight is 259 g/mol. The van der Waals surface area contributed by atoms with Crippen molar-refractivity contribution in [1.29, 1.82) is 0 Å². The van der Waals surface area contributed by atoms with Crippen LogP contribution in [0.5, 0.6) is 0 Å². The van der Waals surface area contributed by atoms with Crippen molar-refractivity contribution in [2.75, 3.05) is 12.8 Å². The van der Waals surface area contributed by atoms with Crippen molar-refractivity contribution in [1.82, 2.24) is 19.7 Å². The molecule has 6 nitrogen and oxygen atoms in total. The van der Waals surface area contributed by atoms with Gasteiger partial charge in [-0.15, -0.1) is 0 Å². The lowest BCUT2D eigenvalue weighted by molar-refractivity contribution is 0.399. The van der Waals surface area contributed by atoms with E-state index in [1.54, 1.807) is 10.9 Å². The van der Waals surface area contributed by atoms with Crippen LogP contribution >= 0.6 is 0 Å². The lowest BCUT2D eigenvalue weighted by Gasteiger charge is -2.04. The van der Waals surface area contributed by atoms with Gasteiger partial charge in [0, 0.05) is 12.7 Å². The largest absolute Gasteiger partial charge is 0.400 e. The molecule has 0 saturated carbocycles. The molecule has 0 saturated heterocycles. The van der Waals surface area contributed by atoms with Gasteiger partial charge in [0.1, 0.15) is 11.6 Å². The minimum atomic E-state index is 0.667. The summed E-state index contributed by atoms with van der Waals surface area (Å²) in [5, 5.41) is 11.3. The molecule has 3 aromatic rings. The van der Waals surface area contributed by atoms with Gasteiger partial charge in [-0.05, 0) is 32.0 Å². The van der Waals surface area contributed by atoms with Crippen molar-refractivity contribution in [2.45, 2.75) is 13.8 Å². The first-order chi connectivity index (χ1) is 9.15. The zero-order chi connectivity index (χ0) is 14.0. The standard InChI is InChI=1S/C12H13N5.CH4O/c1-7-6-14-17(12(7)13)9-3-4-10-11(5-9)16-8(2)15-10;1-2/h3-6H,13H2,1-2H3,(H,15,16);2H,1H3. The number of hydrogen-bond donors (Lipinski definition) is 3. The summed E-state index contributed by atoms with van der Waals surface area (Å²) in [5.41, 5.74) is 9.82. The maximum atomic E-state index is 7.00. The van der Waals surface area contributed by atoms with E-state index in [-0.39, 0.29) is 0 Å². The molecule has 0 spiro atoms. The molecule has 0 bridgehead atoms. The number of fused-ring (bicyclic) bond motifs is 1. The highest BCUT2D eigenvalue weighted by Crippen LogP contribution is 2.20. The van der Waals surface area contributed by atoms with E-state index in [4.69, 9.17) is 10.8 Å². The Hall–Kier alpha value is -2.34. The first-order valence-electron chi connectivity index (χ1n) is 5.87. The third-order valence-corrected chi connectivity index (χ3v) is 2.83. The van der Waals surface area contributed by atoms with Gasteiger partial charge in [-0.3, -0.25) is 0 Å². The molecule has 0 atom stereocenters. The zero-order valence-electron chi connectivity index (χ0n) is 11.2. The number of aliphatic hydroxyl groups excluding tert-OH is 1. The predicted molar refractivity (Wildman–Crippen MR) is 75.2 cm³/mol. The summed E-state index contributed by atoms with van der Waals surface area (Å²) < 4.78 is 1.73. The molecule has 19 heavy (non-hydrogen) atoms. The second-order valence-electron chi connectivity index (χ2n) is 4.15. The smallest absolute Gasteiger partial charge is 0.130 e.